The molecule has 2 fully saturated rings. The number of aliphatic imine (C=N–C) groups is 1. The van der Waals surface area contributed by atoms with Crippen LogP contribution >= 0.6 is 0 Å². The van der Waals surface area contributed by atoms with E-state index in [-0.39, 0.29) is 12.2 Å². The lowest BCUT2D eigenvalue weighted by molar-refractivity contribution is 0.189. The second-order valence-corrected chi connectivity index (χ2v) is 9.37. The number of β-amino-alcohol motifs (C(OH)–C–C–N with tert-alkyl or cyclic N) is 1. The van der Waals surface area contributed by atoms with Gasteiger partial charge in [-0.15, -0.1) is 12.8 Å². The van der Waals surface area contributed by atoms with Gasteiger partial charge in [-0.1, -0.05) is 18.2 Å². The van der Waals surface area contributed by atoms with Gasteiger partial charge in [-0.25, -0.2) is 4.98 Å². The summed E-state index contributed by atoms with van der Waals surface area (Å²) < 4.78 is 1.67. The molecule has 0 saturated carbocycles. The van der Waals surface area contributed by atoms with Gasteiger partial charge in [-0.2, -0.15) is 0 Å². The maximum Gasteiger partial charge on any atom is 0.254 e. The fourth-order valence-corrected chi connectivity index (χ4v) is 5.04. The minimum Gasteiger partial charge on any atom is -0.395 e. The molecule has 2 aliphatic rings. The molecular formula is C29H40N6O2. The summed E-state index contributed by atoms with van der Waals surface area (Å²) in [5.74, 6) is 1.17. The number of terminal acetylenes is 1. The summed E-state index contributed by atoms with van der Waals surface area (Å²) in [4.78, 5) is 28.5. The van der Waals surface area contributed by atoms with Gasteiger partial charge in [0.2, 0.25) is 5.95 Å². The number of rotatable bonds is 8. The van der Waals surface area contributed by atoms with Gasteiger partial charge in [-0.3, -0.25) is 19.3 Å². The van der Waals surface area contributed by atoms with Gasteiger partial charge >= 0.3 is 0 Å². The Labute approximate surface area is 221 Å². The summed E-state index contributed by atoms with van der Waals surface area (Å²) in [5, 5.41) is 9.16. The molecule has 4 rings (SSSR count). The van der Waals surface area contributed by atoms with E-state index in [1.54, 1.807) is 23.0 Å². The summed E-state index contributed by atoms with van der Waals surface area (Å²) in [5.41, 5.74) is 3.36. The zero-order valence-corrected chi connectivity index (χ0v) is 22.2. The van der Waals surface area contributed by atoms with Crippen LogP contribution in [0, 0.1) is 12.8 Å². The third-order valence-corrected chi connectivity index (χ3v) is 7.05. The van der Waals surface area contributed by atoms with Gasteiger partial charge in [0.1, 0.15) is 0 Å². The topological polar surface area (TPSA) is 77.2 Å². The van der Waals surface area contributed by atoms with Crippen molar-refractivity contribution in [1.82, 2.24) is 14.5 Å². The van der Waals surface area contributed by atoms with Crippen LogP contribution in [-0.4, -0.2) is 78.2 Å². The first-order chi connectivity index (χ1) is 18.1. The van der Waals surface area contributed by atoms with Gasteiger partial charge in [0.15, 0.2) is 0 Å². The predicted molar refractivity (Wildman–Crippen MR) is 153 cm³/mol. The molecule has 37 heavy (non-hydrogen) atoms. The van der Waals surface area contributed by atoms with Crippen molar-refractivity contribution in [3.63, 3.8) is 0 Å². The number of hydrogen-bond donors (Lipinski definition) is 1. The second kappa shape index (κ2) is 14.4. The molecule has 1 N–H and O–H groups in total. The van der Waals surface area contributed by atoms with Crippen molar-refractivity contribution in [2.24, 2.45) is 12.0 Å². The van der Waals surface area contributed by atoms with E-state index in [1.165, 1.54) is 11.3 Å². The van der Waals surface area contributed by atoms with Crippen LogP contribution in [0.4, 0.5) is 11.6 Å². The van der Waals surface area contributed by atoms with Crippen molar-refractivity contribution in [3.05, 3.63) is 64.2 Å². The number of piperazine rings is 1. The average Bonchev–Trinajstić information content (AvgIpc) is 2.95. The number of piperidine rings is 1. The van der Waals surface area contributed by atoms with E-state index >= 15 is 0 Å². The Morgan fingerprint density at radius 2 is 1.84 bits per heavy atom. The number of anilines is 2. The maximum atomic E-state index is 12.6. The first-order valence-corrected chi connectivity index (χ1v) is 13.0. The molecule has 2 aromatic rings. The Bertz CT molecular complexity index is 1110. The quantitative estimate of drug-likeness (QED) is 0.440. The number of benzene rings is 1. The second-order valence-electron chi connectivity index (χ2n) is 9.37. The first kappa shape index (κ1) is 28.2. The molecule has 198 valence electrons. The van der Waals surface area contributed by atoms with E-state index in [0.29, 0.717) is 12.3 Å². The maximum absolute atomic E-state index is 12.6. The van der Waals surface area contributed by atoms with Crippen LogP contribution in [0.25, 0.3) is 0 Å². The molecule has 8 heteroatoms. The normalized spacial score (nSPS) is 18.8. The van der Waals surface area contributed by atoms with E-state index in [2.05, 4.69) is 56.8 Å². The van der Waals surface area contributed by atoms with Crippen molar-refractivity contribution in [3.8, 4) is 12.8 Å². The van der Waals surface area contributed by atoms with Crippen molar-refractivity contribution < 1.29 is 5.11 Å². The molecule has 1 unspecified atom stereocenters. The summed E-state index contributed by atoms with van der Waals surface area (Å²) >= 11 is 0. The average molecular weight is 505 g/mol. The molecule has 0 bridgehead atoms. The highest BCUT2D eigenvalue weighted by Gasteiger charge is 2.25. The SMILES string of the molecule is C#C.CC=N/C=C\Cc1cc(=O)n(C)c(N2CCCC(c3ccc(N4CCN(CCO)CC4)cc3)C2)n1. The lowest BCUT2D eigenvalue weighted by Crippen LogP contribution is -2.47. The molecule has 2 aliphatic heterocycles. The van der Waals surface area contributed by atoms with E-state index in [0.717, 1.165) is 70.3 Å². The number of aliphatic hydroxyl groups is 1. The van der Waals surface area contributed by atoms with Gasteiger partial charge in [-0.05, 0) is 37.5 Å². The third-order valence-electron chi connectivity index (χ3n) is 7.05. The van der Waals surface area contributed by atoms with Crippen molar-refractivity contribution in [1.29, 1.82) is 0 Å². The number of nitrogens with zero attached hydrogens (tertiary/aromatic N) is 6. The summed E-state index contributed by atoms with van der Waals surface area (Å²) in [6.07, 6.45) is 16.2. The van der Waals surface area contributed by atoms with E-state index in [4.69, 9.17) is 10.1 Å². The third kappa shape index (κ3) is 7.54. The predicted octanol–water partition coefficient (Wildman–Crippen LogP) is 2.67. The minimum absolute atomic E-state index is 0.0250. The van der Waals surface area contributed by atoms with Gasteiger partial charge < -0.3 is 14.9 Å². The molecule has 1 atom stereocenters. The van der Waals surface area contributed by atoms with Crippen molar-refractivity contribution in [2.45, 2.75) is 32.1 Å². The molecule has 0 spiro atoms. The standard InChI is InChI=1S/C27H38N6O2.C2H2/c1-3-28-12-4-7-24-20-26(35)30(2)27(29-24)33-13-5-6-23(21-33)22-8-10-25(11-9-22)32-16-14-31(15-17-32)18-19-34;1-2/h3-4,8-12,20,23,34H,5-7,13-19,21H2,1-2H3;1-2H/b12-4-,28-3?;. The zero-order valence-electron chi connectivity index (χ0n) is 22.2. The number of aromatic nitrogens is 2. The van der Waals surface area contributed by atoms with E-state index < -0.39 is 0 Å². The summed E-state index contributed by atoms with van der Waals surface area (Å²) in [6, 6.07) is 10.6. The minimum atomic E-state index is -0.0250. The zero-order chi connectivity index (χ0) is 26.6. The molecule has 1 aromatic heterocycles. The molecule has 0 radical (unpaired) electrons. The Kier molecular flexibility index (Phi) is 10.9. The monoisotopic (exact) mass is 504 g/mol. The lowest BCUT2D eigenvalue weighted by Gasteiger charge is -2.36. The Morgan fingerprint density at radius 3 is 2.51 bits per heavy atom. The van der Waals surface area contributed by atoms with Crippen molar-refractivity contribution in [2.75, 3.05) is 62.2 Å². The highest BCUT2D eigenvalue weighted by Crippen LogP contribution is 2.30. The lowest BCUT2D eigenvalue weighted by atomic mass is 9.90. The molecule has 0 amide bonds. The van der Waals surface area contributed by atoms with Crippen LogP contribution in [0.5, 0.6) is 0 Å². The fraction of sp³-hybridized carbons (Fsp3) is 0.483. The molecular weight excluding hydrogens is 464 g/mol. The van der Waals surface area contributed by atoms with Crippen LogP contribution in [0.3, 0.4) is 0 Å². The molecule has 0 aliphatic carbocycles. The summed E-state index contributed by atoms with van der Waals surface area (Å²) in [6.45, 7) is 8.61. The van der Waals surface area contributed by atoms with Crippen LogP contribution in [-0.2, 0) is 13.5 Å². The van der Waals surface area contributed by atoms with Crippen LogP contribution in [0.1, 0.15) is 36.9 Å². The van der Waals surface area contributed by atoms with Gasteiger partial charge in [0.25, 0.3) is 5.56 Å². The largest absolute Gasteiger partial charge is 0.395 e. The fourth-order valence-electron chi connectivity index (χ4n) is 5.04. The molecule has 3 heterocycles. The van der Waals surface area contributed by atoms with Gasteiger partial charge in [0, 0.05) is 89.4 Å². The van der Waals surface area contributed by atoms with Crippen molar-refractivity contribution >= 4 is 17.9 Å². The highest BCUT2D eigenvalue weighted by atomic mass is 16.3. The first-order valence-electron chi connectivity index (χ1n) is 13.0. The smallest absolute Gasteiger partial charge is 0.254 e. The van der Waals surface area contributed by atoms with Crippen LogP contribution < -0.4 is 15.4 Å². The van der Waals surface area contributed by atoms with E-state index in [9.17, 15) is 4.79 Å². The number of aliphatic hydroxyl groups excluding tert-OH is 1. The molecule has 1 aromatic carbocycles. The summed E-state index contributed by atoms with van der Waals surface area (Å²) in [7, 11) is 1.81. The highest BCUT2D eigenvalue weighted by molar-refractivity contribution is 5.54. The Morgan fingerprint density at radius 1 is 1.11 bits per heavy atom. The number of allylic oxidation sites excluding steroid dienone is 1. The van der Waals surface area contributed by atoms with Crippen LogP contribution in [0.15, 0.2) is 52.4 Å². The van der Waals surface area contributed by atoms with E-state index in [1.807, 2.05) is 20.0 Å². The molecule has 2 saturated heterocycles. The van der Waals surface area contributed by atoms with Crippen LogP contribution in [0.2, 0.25) is 0 Å². The number of hydrogen-bond acceptors (Lipinski definition) is 7. The Balaban J connectivity index is 0.00000186. The Hall–Kier alpha value is -3.41. The molecule has 8 nitrogen and oxygen atoms in total. The van der Waals surface area contributed by atoms with Gasteiger partial charge in [0.05, 0.1) is 12.3 Å².